The van der Waals surface area contributed by atoms with Crippen LogP contribution >= 0.6 is 0 Å². The Morgan fingerprint density at radius 1 is 1.37 bits per heavy atom. The predicted molar refractivity (Wildman–Crippen MR) is 75.8 cm³/mol. The van der Waals surface area contributed by atoms with Crippen LogP contribution < -0.4 is 4.90 Å². The smallest absolute Gasteiger partial charge is 0.310 e. The van der Waals surface area contributed by atoms with Crippen molar-refractivity contribution >= 4 is 11.7 Å². The van der Waals surface area contributed by atoms with E-state index in [1.54, 1.807) is 6.92 Å². The number of nitrogens with zero attached hydrogens (tertiary/aromatic N) is 1. The van der Waals surface area contributed by atoms with Crippen molar-refractivity contribution in [2.45, 2.75) is 51.0 Å². The Morgan fingerprint density at radius 3 is 2.79 bits per heavy atom. The third-order valence-electron chi connectivity index (χ3n) is 4.67. The summed E-state index contributed by atoms with van der Waals surface area (Å²) in [6.45, 7) is 2.86. The number of rotatable bonds is 3. The summed E-state index contributed by atoms with van der Waals surface area (Å²) < 4.78 is 0. The first-order valence-corrected chi connectivity index (χ1v) is 7.29. The molecule has 1 aliphatic carbocycles. The van der Waals surface area contributed by atoms with E-state index in [1.165, 1.54) is 36.9 Å². The minimum atomic E-state index is -0.745. The van der Waals surface area contributed by atoms with Gasteiger partial charge in [0.15, 0.2) is 0 Å². The van der Waals surface area contributed by atoms with Crippen LogP contribution in [0.3, 0.4) is 0 Å². The van der Waals surface area contributed by atoms with Gasteiger partial charge in [-0.2, -0.15) is 0 Å². The third-order valence-corrected chi connectivity index (χ3v) is 4.67. The molecule has 1 saturated carbocycles. The number of carboxylic acid groups (broad SMARTS) is 1. The first-order chi connectivity index (χ1) is 9.16. The molecule has 19 heavy (non-hydrogen) atoms. The van der Waals surface area contributed by atoms with Gasteiger partial charge in [0.1, 0.15) is 0 Å². The van der Waals surface area contributed by atoms with Gasteiger partial charge in [0.2, 0.25) is 0 Å². The summed E-state index contributed by atoms with van der Waals surface area (Å²) in [4.78, 5) is 13.6. The summed E-state index contributed by atoms with van der Waals surface area (Å²) in [7, 11) is 0. The fourth-order valence-electron chi connectivity index (χ4n) is 3.45. The van der Waals surface area contributed by atoms with Crippen LogP contribution in [0.4, 0.5) is 5.69 Å². The number of aliphatic carboxylic acids is 1. The normalized spacial score (nSPS) is 20.6. The van der Waals surface area contributed by atoms with Crippen LogP contribution in [0.5, 0.6) is 0 Å². The maximum absolute atomic E-state index is 11.1. The van der Waals surface area contributed by atoms with Gasteiger partial charge in [0.05, 0.1) is 5.92 Å². The number of anilines is 1. The maximum Gasteiger partial charge on any atom is 0.310 e. The van der Waals surface area contributed by atoms with E-state index in [4.69, 9.17) is 5.11 Å². The zero-order valence-corrected chi connectivity index (χ0v) is 11.4. The molecule has 1 unspecified atom stereocenters. The second-order valence-corrected chi connectivity index (χ2v) is 5.83. The SMILES string of the molecule is CC(C(=O)O)c1ccc2c(c1)CCN2C1CCCC1. The molecule has 2 aliphatic rings. The Hall–Kier alpha value is -1.51. The van der Waals surface area contributed by atoms with Crippen molar-refractivity contribution in [1.82, 2.24) is 0 Å². The lowest BCUT2D eigenvalue weighted by Crippen LogP contribution is -2.31. The highest BCUT2D eigenvalue weighted by atomic mass is 16.4. The third kappa shape index (κ3) is 2.22. The van der Waals surface area contributed by atoms with Gasteiger partial charge in [-0.1, -0.05) is 25.0 Å². The van der Waals surface area contributed by atoms with Gasteiger partial charge in [-0.3, -0.25) is 4.79 Å². The molecule has 1 atom stereocenters. The summed E-state index contributed by atoms with van der Waals surface area (Å²) in [5.41, 5.74) is 3.60. The molecule has 3 rings (SSSR count). The van der Waals surface area contributed by atoms with Crippen LogP contribution in [0.1, 0.15) is 49.7 Å². The van der Waals surface area contributed by atoms with Crippen LogP contribution in [0, 0.1) is 0 Å². The molecule has 102 valence electrons. The lowest BCUT2D eigenvalue weighted by molar-refractivity contribution is -0.138. The van der Waals surface area contributed by atoms with Crippen molar-refractivity contribution in [3.05, 3.63) is 29.3 Å². The number of fused-ring (bicyclic) bond motifs is 1. The molecule has 3 nitrogen and oxygen atoms in total. The van der Waals surface area contributed by atoms with Gasteiger partial charge in [-0.25, -0.2) is 0 Å². The second kappa shape index (κ2) is 4.87. The van der Waals surface area contributed by atoms with E-state index in [0.29, 0.717) is 6.04 Å². The van der Waals surface area contributed by atoms with Crippen molar-refractivity contribution in [2.75, 3.05) is 11.4 Å². The minimum absolute atomic E-state index is 0.411. The molecule has 1 fully saturated rings. The summed E-state index contributed by atoms with van der Waals surface area (Å²) in [6.07, 6.45) is 6.39. The molecule has 0 amide bonds. The van der Waals surface area contributed by atoms with Crippen LogP contribution in [0.15, 0.2) is 18.2 Å². The van der Waals surface area contributed by atoms with Crippen LogP contribution in [0.2, 0.25) is 0 Å². The maximum atomic E-state index is 11.1. The van der Waals surface area contributed by atoms with Gasteiger partial charge in [0.25, 0.3) is 0 Å². The monoisotopic (exact) mass is 259 g/mol. The fourth-order valence-corrected chi connectivity index (χ4v) is 3.45. The Bertz CT molecular complexity index is 492. The lowest BCUT2D eigenvalue weighted by Gasteiger charge is -2.27. The summed E-state index contributed by atoms with van der Waals surface area (Å²) in [5, 5.41) is 9.10. The van der Waals surface area contributed by atoms with E-state index in [-0.39, 0.29) is 0 Å². The van der Waals surface area contributed by atoms with Crippen molar-refractivity contribution in [3.63, 3.8) is 0 Å². The van der Waals surface area contributed by atoms with Crippen molar-refractivity contribution in [2.24, 2.45) is 0 Å². The molecule has 0 radical (unpaired) electrons. The van der Waals surface area contributed by atoms with Crippen molar-refractivity contribution in [3.8, 4) is 0 Å². The Kier molecular flexibility index (Phi) is 3.21. The minimum Gasteiger partial charge on any atom is -0.481 e. The van der Waals surface area contributed by atoms with Crippen molar-refractivity contribution < 1.29 is 9.90 Å². The Labute approximate surface area is 114 Å². The molecule has 3 heteroatoms. The first kappa shape index (κ1) is 12.5. The lowest BCUT2D eigenvalue weighted by atomic mass is 9.98. The molecule has 0 aromatic heterocycles. The Morgan fingerprint density at radius 2 is 2.11 bits per heavy atom. The average molecular weight is 259 g/mol. The molecular formula is C16H21NO2. The molecular weight excluding hydrogens is 238 g/mol. The van der Waals surface area contributed by atoms with E-state index in [2.05, 4.69) is 17.0 Å². The summed E-state index contributed by atoms with van der Waals surface area (Å²) in [6, 6.07) is 6.94. The molecule has 0 bridgehead atoms. The predicted octanol–water partition coefficient (Wildman–Crippen LogP) is 3.18. The molecule has 1 N–H and O–H groups in total. The number of hydrogen-bond acceptors (Lipinski definition) is 2. The average Bonchev–Trinajstić information content (AvgIpc) is 3.05. The quantitative estimate of drug-likeness (QED) is 0.906. The van der Waals surface area contributed by atoms with Gasteiger partial charge < -0.3 is 10.0 Å². The van der Waals surface area contributed by atoms with E-state index in [1.807, 2.05) is 6.07 Å². The topological polar surface area (TPSA) is 40.5 Å². The van der Waals surface area contributed by atoms with E-state index >= 15 is 0 Å². The van der Waals surface area contributed by atoms with E-state index in [0.717, 1.165) is 18.5 Å². The van der Waals surface area contributed by atoms with Crippen LogP contribution in [-0.2, 0) is 11.2 Å². The largest absolute Gasteiger partial charge is 0.481 e. The summed E-state index contributed by atoms with van der Waals surface area (Å²) in [5.74, 6) is -1.16. The molecule has 1 aromatic rings. The van der Waals surface area contributed by atoms with Crippen LogP contribution in [-0.4, -0.2) is 23.7 Å². The zero-order chi connectivity index (χ0) is 13.4. The Balaban J connectivity index is 1.85. The number of carboxylic acids is 1. The molecule has 0 spiro atoms. The van der Waals surface area contributed by atoms with Crippen LogP contribution in [0.25, 0.3) is 0 Å². The van der Waals surface area contributed by atoms with Gasteiger partial charge in [-0.05, 0) is 43.4 Å². The molecule has 1 heterocycles. The highest BCUT2D eigenvalue weighted by Gasteiger charge is 2.28. The second-order valence-electron chi connectivity index (χ2n) is 5.83. The van der Waals surface area contributed by atoms with E-state index in [9.17, 15) is 4.79 Å². The highest BCUT2D eigenvalue weighted by Crippen LogP contribution is 2.36. The zero-order valence-electron chi connectivity index (χ0n) is 11.4. The van der Waals surface area contributed by atoms with Gasteiger partial charge in [0, 0.05) is 18.3 Å². The van der Waals surface area contributed by atoms with Crippen molar-refractivity contribution in [1.29, 1.82) is 0 Å². The molecule has 1 aromatic carbocycles. The molecule has 0 saturated heterocycles. The molecule has 1 aliphatic heterocycles. The van der Waals surface area contributed by atoms with E-state index < -0.39 is 11.9 Å². The van der Waals surface area contributed by atoms with Gasteiger partial charge in [-0.15, -0.1) is 0 Å². The number of hydrogen-bond donors (Lipinski definition) is 1. The highest BCUT2D eigenvalue weighted by molar-refractivity contribution is 5.76. The standard InChI is InChI=1S/C16H21NO2/c1-11(16(18)19)12-6-7-15-13(10-12)8-9-17(15)14-4-2-3-5-14/h6-7,10-11,14H,2-5,8-9H2,1H3,(H,18,19). The number of carbonyl (C=O) groups is 1. The number of benzene rings is 1. The summed E-state index contributed by atoms with van der Waals surface area (Å²) >= 11 is 0. The fraction of sp³-hybridized carbons (Fsp3) is 0.562. The first-order valence-electron chi connectivity index (χ1n) is 7.29. The van der Waals surface area contributed by atoms with Gasteiger partial charge >= 0.3 is 5.97 Å².